The second-order valence-corrected chi connectivity index (χ2v) is 9.94. The lowest BCUT2D eigenvalue weighted by Gasteiger charge is -2.21. The molecule has 33 heavy (non-hydrogen) atoms. The van der Waals surface area contributed by atoms with Gasteiger partial charge in [0.2, 0.25) is 5.91 Å². The summed E-state index contributed by atoms with van der Waals surface area (Å²) in [7, 11) is 1.61. The number of aryl methyl sites for hydroxylation is 1. The Morgan fingerprint density at radius 3 is 2.36 bits per heavy atom. The molecule has 0 aliphatic rings. The van der Waals surface area contributed by atoms with Crippen LogP contribution >= 0.6 is 11.8 Å². The molecule has 0 fully saturated rings. The van der Waals surface area contributed by atoms with E-state index in [9.17, 15) is 9.59 Å². The van der Waals surface area contributed by atoms with Gasteiger partial charge in [-0.25, -0.2) is 4.79 Å². The van der Waals surface area contributed by atoms with Crippen LogP contribution in [0.4, 0.5) is 4.79 Å². The van der Waals surface area contributed by atoms with Crippen molar-refractivity contribution >= 4 is 23.7 Å². The first-order valence-corrected chi connectivity index (χ1v) is 11.4. The monoisotopic (exact) mass is 467 g/mol. The molecular formula is C24H29N5O3S. The number of hydrogen-bond acceptors (Lipinski definition) is 6. The van der Waals surface area contributed by atoms with Gasteiger partial charge in [0.05, 0.1) is 17.9 Å². The van der Waals surface area contributed by atoms with Crippen molar-refractivity contribution < 1.29 is 14.3 Å². The minimum atomic E-state index is -0.588. The Kier molecular flexibility index (Phi) is 7.43. The fourth-order valence-corrected chi connectivity index (χ4v) is 3.94. The molecular weight excluding hydrogens is 438 g/mol. The molecule has 2 aromatic carbocycles. The number of benzene rings is 2. The fraction of sp³-hybridized carbons (Fsp3) is 0.333. The van der Waals surface area contributed by atoms with Gasteiger partial charge in [-0.15, -0.1) is 10.2 Å². The molecule has 1 heterocycles. The number of nitrogens with zero attached hydrogens (tertiary/aromatic N) is 3. The number of amides is 3. The quantitative estimate of drug-likeness (QED) is 0.523. The Morgan fingerprint density at radius 1 is 1.06 bits per heavy atom. The number of carbonyl (C=O) groups excluding carboxylic acids is 2. The third-order valence-electron chi connectivity index (χ3n) is 4.65. The van der Waals surface area contributed by atoms with Gasteiger partial charge >= 0.3 is 6.03 Å². The Morgan fingerprint density at radius 2 is 1.73 bits per heavy atom. The zero-order chi connectivity index (χ0) is 24.2. The van der Waals surface area contributed by atoms with Crippen LogP contribution < -0.4 is 15.4 Å². The second kappa shape index (κ2) is 10.1. The number of aromatic nitrogens is 3. The molecule has 8 nitrogen and oxygen atoms in total. The molecule has 0 radical (unpaired) electrons. The van der Waals surface area contributed by atoms with Gasteiger partial charge in [0, 0.05) is 11.2 Å². The molecule has 3 aromatic rings. The molecule has 3 rings (SSSR count). The van der Waals surface area contributed by atoms with Crippen molar-refractivity contribution in [2.45, 2.75) is 50.6 Å². The number of carbonyl (C=O) groups is 2. The van der Waals surface area contributed by atoms with Crippen molar-refractivity contribution in [2.24, 2.45) is 0 Å². The van der Waals surface area contributed by atoms with Gasteiger partial charge in [-0.1, -0.05) is 41.6 Å². The summed E-state index contributed by atoms with van der Waals surface area (Å²) in [5.41, 5.74) is 2.31. The number of imide groups is 1. The third-order valence-corrected chi connectivity index (χ3v) is 5.69. The number of rotatable bonds is 6. The van der Waals surface area contributed by atoms with Gasteiger partial charge in [0.15, 0.2) is 11.0 Å². The van der Waals surface area contributed by atoms with E-state index in [-0.39, 0.29) is 0 Å². The van der Waals surface area contributed by atoms with E-state index in [2.05, 4.69) is 20.8 Å². The number of ether oxygens (including phenoxy) is 1. The molecule has 9 heteroatoms. The zero-order valence-corrected chi connectivity index (χ0v) is 20.5. The van der Waals surface area contributed by atoms with E-state index in [1.165, 1.54) is 11.8 Å². The molecule has 1 atom stereocenters. The first-order chi connectivity index (χ1) is 15.6. The Bertz CT molecular complexity index is 1140. The number of para-hydroxylation sites is 1. The van der Waals surface area contributed by atoms with Gasteiger partial charge in [-0.05, 0) is 58.9 Å². The van der Waals surface area contributed by atoms with Crippen LogP contribution in [0.3, 0.4) is 0 Å². The van der Waals surface area contributed by atoms with Crippen LogP contribution in [-0.4, -0.2) is 44.6 Å². The van der Waals surface area contributed by atoms with Crippen LogP contribution in [0.15, 0.2) is 53.7 Å². The highest BCUT2D eigenvalue weighted by Crippen LogP contribution is 2.34. The van der Waals surface area contributed by atoms with E-state index in [1.54, 1.807) is 14.0 Å². The normalized spacial score (nSPS) is 12.2. The van der Waals surface area contributed by atoms with E-state index in [0.717, 1.165) is 16.8 Å². The maximum atomic E-state index is 12.6. The Hall–Kier alpha value is -3.33. The van der Waals surface area contributed by atoms with Gasteiger partial charge in [0.1, 0.15) is 5.75 Å². The van der Waals surface area contributed by atoms with Gasteiger partial charge < -0.3 is 10.1 Å². The summed E-state index contributed by atoms with van der Waals surface area (Å²) in [5.74, 6) is 0.843. The van der Waals surface area contributed by atoms with Crippen LogP contribution in [0.5, 0.6) is 5.75 Å². The zero-order valence-electron chi connectivity index (χ0n) is 19.7. The average molecular weight is 468 g/mol. The standard InChI is InChI=1S/C24H29N5O3S/c1-15-11-13-17(14-12-15)29-20(18-9-7-8-10-19(18)32-6)27-28-23(29)33-16(2)21(30)25-22(31)26-24(3,4)5/h7-14,16H,1-6H3,(H2,25,26,30,31). The first-order valence-electron chi connectivity index (χ1n) is 10.5. The number of urea groups is 1. The van der Waals surface area contributed by atoms with Crippen LogP contribution in [0, 0.1) is 6.92 Å². The predicted octanol–water partition coefficient (Wildman–Crippen LogP) is 4.36. The molecule has 3 amide bonds. The molecule has 0 aliphatic heterocycles. The summed E-state index contributed by atoms with van der Waals surface area (Å²) in [4.78, 5) is 24.7. The van der Waals surface area contributed by atoms with Crippen molar-refractivity contribution in [3.05, 3.63) is 54.1 Å². The van der Waals surface area contributed by atoms with E-state index in [1.807, 2.05) is 80.8 Å². The maximum Gasteiger partial charge on any atom is 0.321 e. The predicted molar refractivity (Wildman–Crippen MR) is 130 cm³/mol. The second-order valence-electron chi connectivity index (χ2n) is 8.63. The molecule has 0 aliphatic carbocycles. The Balaban J connectivity index is 1.94. The minimum absolute atomic E-state index is 0.418. The van der Waals surface area contributed by atoms with Gasteiger partial charge in [-0.3, -0.25) is 14.7 Å². The lowest BCUT2D eigenvalue weighted by atomic mass is 10.1. The van der Waals surface area contributed by atoms with E-state index >= 15 is 0 Å². The Labute approximate surface area is 198 Å². The number of nitrogens with one attached hydrogen (secondary N) is 2. The van der Waals surface area contributed by atoms with Crippen molar-refractivity contribution in [1.82, 2.24) is 25.4 Å². The lowest BCUT2D eigenvalue weighted by molar-refractivity contribution is -0.119. The summed E-state index contributed by atoms with van der Waals surface area (Å²) in [6.07, 6.45) is 0. The average Bonchev–Trinajstić information content (AvgIpc) is 3.16. The van der Waals surface area contributed by atoms with Crippen LogP contribution in [0.1, 0.15) is 33.3 Å². The molecule has 1 aromatic heterocycles. The molecule has 2 N–H and O–H groups in total. The molecule has 174 valence electrons. The fourth-order valence-electron chi connectivity index (χ4n) is 3.07. The van der Waals surface area contributed by atoms with E-state index < -0.39 is 22.7 Å². The molecule has 1 unspecified atom stereocenters. The molecule has 0 saturated carbocycles. The van der Waals surface area contributed by atoms with Crippen molar-refractivity contribution in [3.63, 3.8) is 0 Å². The molecule has 0 bridgehead atoms. The third kappa shape index (κ3) is 6.13. The number of methoxy groups -OCH3 is 1. The lowest BCUT2D eigenvalue weighted by Crippen LogP contribution is -2.49. The molecule has 0 spiro atoms. The summed E-state index contributed by atoms with van der Waals surface area (Å²) < 4.78 is 7.42. The first kappa shape index (κ1) is 24.3. The highest BCUT2D eigenvalue weighted by molar-refractivity contribution is 8.00. The molecule has 0 saturated heterocycles. The van der Waals surface area contributed by atoms with Crippen LogP contribution in [0.25, 0.3) is 17.1 Å². The highest BCUT2D eigenvalue weighted by Gasteiger charge is 2.25. The van der Waals surface area contributed by atoms with Gasteiger partial charge in [0.25, 0.3) is 0 Å². The van der Waals surface area contributed by atoms with E-state index in [0.29, 0.717) is 16.7 Å². The van der Waals surface area contributed by atoms with Crippen molar-refractivity contribution in [1.29, 1.82) is 0 Å². The minimum Gasteiger partial charge on any atom is -0.496 e. The summed E-state index contributed by atoms with van der Waals surface area (Å²) in [5, 5.41) is 13.8. The van der Waals surface area contributed by atoms with Crippen molar-refractivity contribution in [3.8, 4) is 22.8 Å². The maximum absolute atomic E-state index is 12.6. The van der Waals surface area contributed by atoms with E-state index in [4.69, 9.17) is 4.74 Å². The van der Waals surface area contributed by atoms with Crippen LogP contribution in [-0.2, 0) is 4.79 Å². The largest absolute Gasteiger partial charge is 0.496 e. The van der Waals surface area contributed by atoms with Crippen molar-refractivity contribution in [2.75, 3.05) is 7.11 Å². The highest BCUT2D eigenvalue weighted by atomic mass is 32.2. The SMILES string of the molecule is COc1ccccc1-c1nnc(SC(C)C(=O)NC(=O)NC(C)(C)C)n1-c1ccc(C)cc1. The number of hydrogen-bond donors (Lipinski definition) is 2. The summed E-state index contributed by atoms with van der Waals surface area (Å²) >= 11 is 1.22. The van der Waals surface area contributed by atoms with Gasteiger partial charge in [-0.2, -0.15) is 0 Å². The summed E-state index contributed by atoms with van der Waals surface area (Å²) in [6, 6.07) is 15.0. The van der Waals surface area contributed by atoms with Crippen LogP contribution in [0.2, 0.25) is 0 Å². The topological polar surface area (TPSA) is 98.1 Å². The smallest absolute Gasteiger partial charge is 0.321 e. The number of thioether (sulfide) groups is 1. The summed E-state index contributed by atoms with van der Waals surface area (Å²) in [6.45, 7) is 9.28.